The third-order valence-electron chi connectivity index (χ3n) is 4.31. The molecule has 126 valence electrons. The topological polar surface area (TPSA) is 90.1 Å². The number of nitrogens with one attached hydrogen (secondary N) is 1. The molecule has 1 saturated carbocycles. The monoisotopic (exact) mass is 332 g/mol. The third kappa shape index (κ3) is 2.99. The molecule has 0 bridgehead atoms. The molecule has 1 fully saturated rings. The van der Waals surface area contributed by atoms with Crippen LogP contribution in [0.15, 0.2) is 36.7 Å². The van der Waals surface area contributed by atoms with Crippen molar-refractivity contribution in [1.29, 1.82) is 0 Å². The zero-order valence-corrected chi connectivity index (χ0v) is 13.3. The Morgan fingerprint density at radius 1 is 1.42 bits per heavy atom. The molecule has 7 nitrogen and oxygen atoms in total. The van der Waals surface area contributed by atoms with Crippen molar-refractivity contribution in [1.82, 2.24) is 15.1 Å². The number of hydrogen-bond acceptors (Lipinski definition) is 4. The standard InChI is InChI=1S/C16H17FN4O3/c1-16(2,20-9-12(8-18-20)21(23)24)15(22)19-14-7-13(14)10-3-5-11(17)6-4-10/h3-6,8-9,13-14H,7H2,1-2H3,(H,19,22)/t13-,14-/m1/s1. The van der Waals surface area contributed by atoms with Gasteiger partial charge in [-0.2, -0.15) is 5.10 Å². The highest BCUT2D eigenvalue weighted by Crippen LogP contribution is 2.41. The fraction of sp³-hybridized carbons (Fsp3) is 0.375. The average Bonchev–Trinajstić information content (AvgIpc) is 3.10. The predicted octanol–water partition coefficient (Wildman–Crippen LogP) is 2.34. The molecule has 1 amide bonds. The summed E-state index contributed by atoms with van der Waals surface area (Å²) >= 11 is 0. The smallest absolute Gasteiger partial charge is 0.307 e. The van der Waals surface area contributed by atoms with Crippen LogP contribution in [0.5, 0.6) is 0 Å². The fourth-order valence-corrected chi connectivity index (χ4v) is 2.60. The zero-order chi connectivity index (χ0) is 17.5. The molecule has 0 unspecified atom stereocenters. The highest BCUT2D eigenvalue weighted by atomic mass is 19.1. The molecule has 0 spiro atoms. The maximum atomic E-state index is 13.0. The summed E-state index contributed by atoms with van der Waals surface area (Å²) in [5.74, 6) is -0.395. The Morgan fingerprint density at radius 2 is 2.08 bits per heavy atom. The number of amides is 1. The van der Waals surface area contributed by atoms with Gasteiger partial charge >= 0.3 is 5.69 Å². The first-order valence-corrected chi connectivity index (χ1v) is 7.55. The van der Waals surface area contributed by atoms with Gasteiger partial charge in [0, 0.05) is 12.0 Å². The van der Waals surface area contributed by atoms with Gasteiger partial charge in [0.05, 0.1) is 4.92 Å². The molecule has 1 aromatic heterocycles. The predicted molar refractivity (Wildman–Crippen MR) is 83.9 cm³/mol. The lowest BCUT2D eigenvalue weighted by molar-refractivity contribution is -0.385. The van der Waals surface area contributed by atoms with Crippen LogP contribution < -0.4 is 5.32 Å². The van der Waals surface area contributed by atoms with Gasteiger partial charge in [-0.3, -0.25) is 19.6 Å². The Balaban J connectivity index is 1.66. The minimum absolute atomic E-state index is 0.0206. The van der Waals surface area contributed by atoms with E-state index in [1.165, 1.54) is 23.0 Å². The number of halogens is 1. The third-order valence-corrected chi connectivity index (χ3v) is 4.31. The number of carbonyl (C=O) groups excluding carboxylic acids is 1. The van der Waals surface area contributed by atoms with E-state index in [1.54, 1.807) is 26.0 Å². The SMILES string of the molecule is CC(C)(C(=O)N[C@@H]1C[C@@H]1c1ccc(F)cc1)n1cc([N+](=O)[O-])cn1. The van der Waals surface area contributed by atoms with Gasteiger partial charge in [-0.05, 0) is 38.0 Å². The number of nitro groups is 1. The van der Waals surface area contributed by atoms with Crippen molar-refractivity contribution in [3.05, 3.63) is 58.2 Å². The molecule has 2 atom stereocenters. The molecule has 8 heteroatoms. The molecule has 1 aliphatic rings. The van der Waals surface area contributed by atoms with Gasteiger partial charge in [-0.1, -0.05) is 12.1 Å². The summed E-state index contributed by atoms with van der Waals surface area (Å²) < 4.78 is 14.2. The quantitative estimate of drug-likeness (QED) is 0.672. The molecular weight excluding hydrogens is 315 g/mol. The minimum atomic E-state index is -1.05. The first-order valence-electron chi connectivity index (χ1n) is 7.55. The number of aromatic nitrogens is 2. The largest absolute Gasteiger partial charge is 0.351 e. The number of carbonyl (C=O) groups is 1. The molecular formula is C16H17FN4O3. The summed E-state index contributed by atoms with van der Waals surface area (Å²) in [5.41, 5.74) is -0.231. The van der Waals surface area contributed by atoms with Gasteiger partial charge in [0.25, 0.3) is 0 Å². The Kier molecular flexibility index (Phi) is 3.82. The molecule has 3 rings (SSSR count). The van der Waals surface area contributed by atoms with E-state index in [2.05, 4.69) is 10.4 Å². The average molecular weight is 332 g/mol. The lowest BCUT2D eigenvalue weighted by Gasteiger charge is -2.24. The highest BCUT2D eigenvalue weighted by molar-refractivity contribution is 5.84. The second-order valence-electron chi connectivity index (χ2n) is 6.43. The normalized spacial score (nSPS) is 19.8. The molecule has 0 radical (unpaired) electrons. The highest BCUT2D eigenvalue weighted by Gasteiger charge is 2.42. The first-order chi connectivity index (χ1) is 11.3. The Hall–Kier alpha value is -2.77. The summed E-state index contributed by atoms with van der Waals surface area (Å²) in [6.07, 6.45) is 3.14. The number of nitrogens with zero attached hydrogens (tertiary/aromatic N) is 3. The molecule has 24 heavy (non-hydrogen) atoms. The van der Waals surface area contributed by atoms with Crippen LogP contribution in [0, 0.1) is 15.9 Å². The van der Waals surface area contributed by atoms with Gasteiger partial charge in [0.1, 0.15) is 23.7 Å². The fourth-order valence-electron chi connectivity index (χ4n) is 2.60. The maximum Gasteiger partial charge on any atom is 0.307 e. The molecule has 1 aliphatic carbocycles. The van der Waals surface area contributed by atoms with Crippen LogP contribution in [-0.2, 0) is 10.3 Å². The molecule has 1 aromatic carbocycles. The van der Waals surface area contributed by atoms with Crippen LogP contribution in [0.3, 0.4) is 0 Å². The van der Waals surface area contributed by atoms with Crippen LogP contribution in [-0.4, -0.2) is 26.7 Å². The summed E-state index contributed by atoms with van der Waals surface area (Å²) in [7, 11) is 0. The van der Waals surface area contributed by atoms with Gasteiger partial charge in [0.2, 0.25) is 5.91 Å². The van der Waals surface area contributed by atoms with Crippen molar-refractivity contribution in [3.63, 3.8) is 0 Å². The van der Waals surface area contributed by atoms with Gasteiger partial charge in [-0.15, -0.1) is 0 Å². The van der Waals surface area contributed by atoms with Crippen molar-refractivity contribution < 1.29 is 14.1 Å². The Bertz CT molecular complexity index is 785. The molecule has 2 aromatic rings. The van der Waals surface area contributed by atoms with E-state index in [1.807, 2.05) is 0 Å². The number of benzene rings is 1. The summed E-state index contributed by atoms with van der Waals surface area (Å²) in [6.45, 7) is 3.29. The van der Waals surface area contributed by atoms with E-state index < -0.39 is 10.5 Å². The Morgan fingerprint density at radius 3 is 2.67 bits per heavy atom. The second kappa shape index (κ2) is 5.70. The van der Waals surface area contributed by atoms with Gasteiger partial charge < -0.3 is 5.32 Å². The van der Waals surface area contributed by atoms with E-state index in [-0.39, 0.29) is 29.4 Å². The minimum Gasteiger partial charge on any atom is -0.351 e. The van der Waals surface area contributed by atoms with E-state index in [0.29, 0.717) is 0 Å². The number of rotatable bonds is 5. The first kappa shape index (κ1) is 16.1. The van der Waals surface area contributed by atoms with Crippen molar-refractivity contribution in [2.45, 2.75) is 37.8 Å². The van der Waals surface area contributed by atoms with Crippen LogP contribution in [0.2, 0.25) is 0 Å². The van der Waals surface area contributed by atoms with Crippen molar-refractivity contribution in [2.75, 3.05) is 0 Å². The van der Waals surface area contributed by atoms with Gasteiger partial charge in [-0.25, -0.2) is 4.39 Å². The van der Waals surface area contributed by atoms with Crippen molar-refractivity contribution in [3.8, 4) is 0 Å². The molecule has 0 aliphatic heterocycles. The van der Waals surface area contributed by atoms with E-state index in [0.717, 1.165) is 18.2 Å². The van der Waals surface area contributed by atoms with Gasteiger partial charge in [0.15, 0.2) is 0 Å². The molecule has 1 N–H and O–H groups in total. The van der Waals surface area contributed by atoms with Crippen LogP contribution in [0.4, 0.5) is 10.1 Å². The maximum absolute atomic E-state index is 13.0. The van der Waals surface area contributed by atoms with Crippen molar-refractivity contribution in [2.24, 2.45) is 0 Å². The summed E-state index contributed by atoms with van der Waals surface area (Å²) in [4.78, 5) is 22.7. The summed E-state index contributed by atoms with van der Waals surface area (Å²) in [5, 5.41) is 17.6. The van der Waals surface area contributed by atoms with E-state index >= 15 is 0 Å². The van der Waals surface area contributed by atoms with E-state index in [9.17, 15) is 19.3 Å². The van der Waals surface area contributed by atoms with Crippen LogP contribution in [0.1, 0.15) is 31.7 Å². The number of hydrogen-bond donors (Lipinski definition) is 1. The summed E-state index contributed by atoms with van der Waals surface area (Å²) in [6, 6.07) is 6.22. The second-order valence-corrected chi connectivity index (χ2v) is 6.43. The van der Waals surface area contributed by atoms with E-state index in [4.69, 9.17) is 0 Å². The lowest BCUT2D eigenvalue weighted by atomic mass is 10.0. The lowest BCUT2D eigenvalue weighted by Crippen LogP contribution is -2.45. The molecule has 0 saturated heterocycles. The van der Waals surface area contributed by atoms with Crippen LogP contribution >= 0.6 is 0 Å². The van der Waals surface area contributed by atoms with Crippen molar-refractivity contribution >= 4 is 11.6 Å². The Labute approximate surface area is 137 Å². The molecule has 1 heterocycles. The van der Waals surface area contributed by atoms with Crippen LogP contribution in [0.25, 0.3) is 0 Å². The zero-order valence-electron chi connectivity index (χ0n) is 13.3.